The monoisotopic (exact) mass is 300 g/mol. The van der Waals surface area contributed by atoms with Crippen LogP contribution < -0.4 is 5.32 Å². The van der Waals surface area contributed by atoms with E-state index in [9.17, 15) is 0 Å². The van der Waals surface area contributed by atoms with Crippen molar-refractivity contribution in [3.8, 4) is 0 Å². The summed E-state index contributed by atoms with van der Waals surface area (Å²) < 4.78 is 11.1. The van der Waals surface area contributed by atoms with Crippen molar-refractivity contribution in [2.24, 2.45) is 11.3 Å². The molecule has 1 saturated heterocycles. The molecule has 1 fully saturated rings. The first kappa shape index (κ1) is 18.9. The molecule has 0 saturated carbocycles. The van der Waals surface area contributed by atoms with E-state index in [-0.39, 0.29) is 5.41 Å². The largest absolute Gasteiger partial charge is 0.383 e. The van der Waals surface area contributed by atoms with E-state index in [0.29, 0.717) is 5.92 Å². The molecule has 0 aromatic carbocycles. The second-order valence-electron chi connectivity index (χ2n) is 6.95. The van der Waals surface area contributed by atoms with Crippen molar-refractivity contribution in [2.75, 3.05) is 59.7 Å². The average Bonchev–Trinajstić information content (AvgIpc) is 2.45. The molecular formula is C17H36N2O2. The Bertz CT molecular complexity index is 253. The number of ether oxygens (including phenoxy) is 2. The Morgan fingerprint density at radius 3 is 2.76 bits per heavy atom. The molecule has 0 aliphatic carbocycles. The lowest BCUT2D eigenvalue weighted by atomic mass is 9.81. The first-order valence-corrected chi connectivity index (χ1v) is 8.61. The molecule has 0 bridgehead atoms. The van der Waals surface area contributed by atoms with Crippen molar-refractivity contribution in [1.29, 1.82) is 0 Å². The minimum Gasteiger partial charge on any atom is -0.383 e. The Morgan fingerprint density at radius 1 is 1.38 bits per heavy atom. The molecule has 1 rings (SSSR count). The lowest BCUT2D eigenvalue weighted by Crippen LogP contribution is -2.50. The van der Waals surface area contributed by atoms with E-state index in [1.54, 1.807) is 7.11 Å². The van der Waals surface area contributed by atoms with Crippen LogP contribution in [0.15, 0.2) is 0 Å². The molecule has 4 nitrogen and oxygen atoms in total. The molecule has 0 aromatic heterocycles. The Balaban J connectivity index is 2.60. The highest BCUT2D eigenvalue weighted by molar-refractivity contribution is 4.87. The van der Waals surface area contributed by atoms with Gasteiger partial charge < -0.3 is 19.7 Å². The van der Waals surface area contributed by atoms with Crippen LogP contribution in [-0.4, -0.2) is 64.6 Å². The number of nitrogens with zero attached hydrogens (tertiary/aromatic N) is 1. The minimum atomic E-state index is 0.274. The Morgan fingerprint density at radius 2 is 2.19 bits per heavy atom. The van der Waals surface area contributed by atoms with Gasteiger partial charge in [0.2, 0.25) is 0 Å². The first-order chi connectivity index (χ1) is 10.1. The fraction of sp³-hybridized carbons (Fsp3) is 1.00. The molecule has 1 N–H and O–H groups in total. The summed E-state index contributed by atoms with van der Waals surface area (Å²) in [5.74, 6) is 0.687. The second-order valence-corrected chi connectivity index (χ2v) is 6.95. The van der Waals surface area contributed by atoms with Crippen LogP contribution in [0, 0.1) is 11.3 Å². The fourth-order valence-electron chi connectivity index (χ4n) is 3.21. The molecule has 1 atom stereocenters. The lowest BCUT2D eigenvalue weighted by molar-refractivity contribution is -0.0304. The van der Waals surface area contributed by atoms with Gasteiger partial charge in [0.1, 0.15) is 0 Å². The van der Waals surface area contributed by atoms with E-state index >= 15 is 0 Å². The maximum Gasteiger partial charge on any atom is 0.0589 e. The zero-order chi connectivity index (χ0) is 15.6. The predicted octanol–water partition coefficient (Wildman–Crippen LogP) is 2.39. The summed E-state index contributed by atoms with van der Waals surface area (Å²) in [4.78, 5) is 2.57. The summed E-state index contributed by atoms with van der Waals surface area (Å²) >= 11 is 0. The molecule has 0 aromatic rings. The second kappa shape index (κ2) is 10.5. The summed E-state index contributed by atoms with van der Waals surface area (Å²) in [6, 6.07) is 0. The third kappa shape index (κ3) is 7.59. The van der Waals surface area contributed by atoms with Gasteiger partial charge in [-0.15, -0.1) is 0 Å². The SMILES string of the molecule is CCCNCC1(CN(CCOC)CC(C)C)CCCOC1. The molecule has 1 aliphatic rings. The fourth-order valence-corrected chi connectivity index (χ4v) is 3.21. The smallest absolute Gasteiger partial charge is 0.0589 e. The van der Waals surface area contributed by atoms with Gasteiger partial charge in [-0.05, 0) is 31.7 Å². The molecular weight excluding hydrogens is 264 g/mol. The van der Waals surface area contributed by atoms with Gasteiger partial charge in [0.05, 0.1) is 13.2 Å². The highest BCUT2D eigenvalue weighted by atomic mass is 16.5. The third-order valence-corrected chi connectivity index (χ3v) is 4.12. The van der Waals surface area contributed by atoms with E-state index < -0.39 is 0 Å². The van der Waals surface area contributed by atoms with Crippen molar-refractivity contribution in [1.82, 2.24) is 10.2 Å². The standard InChI is InChI=1S/C17H36N2O2/c1-5-8-18-13-17(7-6-10-21-15-17)14-19(9-11-20-4)12-16(2)3/h16,18H,5-15H2,1-4H3. The highest BCUT2D eigenvalue weighted by Gasteiger charge is 2.34. The highest BCUT2D eigenvalue weighted by Crippen LogP contribution is 2.29. The molecule has 21 heavy (non-hydrogen) atoms. The predicted molar refractivity (Wildman–Crippen MR) is 88.8 cm³/mol. The maximum atomic E-state index is 5.83. The van der Waals surface area contributed by atoms with Crippen molar-refractivity contribution in [3.05, 3.63) is 0 Å². The molecule has 1 heterocycles. The molecule has 0 radical (unpaired) electrons. The van der Waals surface area contributed by atoms with E-state index in [1.807, 2.05) is 0 Å². The zero-order valence-electron chi connectivity index (χ0n) is 14.6. The van der Waals surface area contributed by atoms with Gasteiger partial charge in [-0.25, -0.2) is 0 Å². The summed E-state index contributed by atoms with van der Waals surface area (Å²) in [5.41, 5.74) is 0.274. The quantitative estimate of drug-likeness (QED) is 0.594. The van der Waals surface area contributed by atoms with Crippen molar-refractivity contribution in [2.45, 2.75) is 40.0 Å². The zero-order valence-corrected chi connectivity index (χ0v) is 14.6. The van der Waals surface area contributed by atoms with Crippen LogP contribution in [0.2, 0.25) is 0 Å². The van der Waals surface area contributed by atoms with Crippen LogP contribution in [0.4, 0.5) is 0 Å². The number of rotatable bonds is 11. The topological polar surface area (TPSA) is 33.7 Å². The van der Waals surface area contributed by atoms with Gasteiger partial charge in [0.25, 0.3) is 0 Å². The van der Waals surface area contributed by atoms with Crippen LogP contribution in [0.5, 0.6) is 0 Å². The summed E-state index contributed by atoms with van der Waals surface area (Å²) in [7, 11) is 1.79. The van der Waals surface area contributed by atoms with Crippen molar-refractivity contribution < 1.29 is 9.47 Å². The van der Waals surface area contributed by atoms with Crippen LogP contribution in [0.25, 0.3) is 0 Å². The molecule has 126 valence electrons. The normalized spacial score (nSPS) is 23.1. The van der Waals surface area contributed by atoms with E-state index in [4.69, 9.17) is 9.47 Å². The van der Waals surface area contributed by atoms with Crippen LogP contribution >= 0.6 is 0 Å². The molecule has 1 unspecified atom stereocenters. The van der Waals surface area contributed by atoms with E-state index in [0.717, 1.165) is 52.5 Å². The van der Waals surface area contributed by atoms with Gasteiger partial charge in [-0.1, -0.05) is 20.8 Å². The van der Waals surface area contributed by atoms with Gasteiger partial charge in [0, 0.05) is 45.3 Å². The van der Waals surface area contributed by atoms with Crippen LogP contribution in [0.3, 0.4) is 0 Å². The van der Waals surface area contributed by atoms with Crippen molar-refractivity contribution >= 4 is 0 Å². The number of hydrogen-bond donors (Lipinski definition) is 1. The first-order valence-electron chi connectivity index (χ1n) is 8.61. The summed E-state index contributed by atoms with van der Waals surface area (Å²) in [5, 5.41) is 3.62. The minimum absolute atomic E-state index is 0.274. The van der Waals surface area contributed by atoms with Gasteiger partial charge >= 0.3 is 0 Å². The molecule has 4 heteroatoms. The number of hydrogen-bond acceptors (Lipinski definition) is 4. The van der Waals surface area contributed by atoms with Gasteiger partial charge in [-0.3, -0.25) is 0 Å². The third-order valence-electron chi connectivity index (χ3n) is 4.12. The maximum absolute atomic E-state index is 5.83. The lowest BCUT2D eigenvalue weighted by Gasteiger charge is -2.41. The van der Waals surface area contributed by atoms with Crippen LogP contribution in [0.1, 0.15) is 40.0 Å². The number of methoxy groups -OCH3 is 1. The molecule has 0 spiro atoms. The van der Waals surface area contributed by atoms with Crippen molar-refractivity contribution in [3.63, 3.8) is 0 Å². The Hall–Kier alpha value is -0.160. The molecule has 1 aliphatic heterocycles. The van der Waals surface area contributed by atoms with Gasteiger partial charge in [-0.2, -0.15) is 0 Å². The summed E-state index contributed by atoms with van der Waals surface area (Å²) in [6.07, 6.45) is 3.65. The van der Waals surface area contributed by atoms with E-state index in [1.165, 1.54) is 19.3 Å². The summed E-state index contributed by atoms with van der Waals surface area (Å²) in [6.45, 7) is 14.9. The molecule has 0 amide bonds. The van der Waals surface area contributed by atoms with Crippen LogP contribution in [-0.2, 0) is 9.47 Å². The van der Waals surface area contributed by atoms with E-state index in [2.05, 4.69) is 31.0 Å². The van der Waals surface area contributed by atoms with Gasteiger partial charge in [0.15, 0.2) is 0 Å². The Labute approximate surface area is 131 Å². The number of nitrogens with one attached hydrogen (secondary N) is 1. The average molecular weight is 300 g/mol. The Kier molecular flexibility index (Phi) is 9.49.